The second kappa shape index (κ2) is 10.0. The molecular formula is C18H19Cl2N3O5S. The number of benzene rings is 1. The molecule has 0 spiro atoms. The van der Waals surface area contributed by atoms with Crippen LogP contribution < -0.4 is 5.32 Å². The zero-order valence-corrected chi connectivity index (χ0v) is 18.0. The molecule has 1 heterocycles. The molecule has 0 saturated carbocycles. The van der Waals surface area contributed by atoms with Gasteiger partial charge >= 0.3 is 5.97 Å². The van der Waals surface area contributed by atoms with Crippen LogP contribution in [0.25, 0.3) is 0 Å². The molecule has 0 aliphatic heterocycles. The Balaban J connectivity index is 1.98. The van der Waals surface area contributed by atoms with Crippen LogP contribution in [0.3, 0.4) is 0 Å². The van der Waals surface area contributed by atoms with Crippen LogP contribution in [0.15, 0.2) is 41.4 Å². The number of carbonyl (C=O) groups excluding carboxylic acids is 2. The number of esters is 1. The lowest BCUT2D eigenvalue weighted by Gasteiger charge is -2.18. The first kappa shape index (κ1) is 23.1. The van der Waals surface area contributed by atoms with E-state index in [0.717, 1.165) is 0 Å². The van der Waals surface area contributed by atoms with Gasteiger partial charge in [-0.05, 0) is 30.3 Å². The fourth-order valence-electron chi connectivity index (χ4n) is 2.36. The minimum atomic E-state index is -3.62. The molecule has 0 aliphatic rings. The van der Waals surface area contributed by atoms with Crippen molar-refractivity contribution in [2.75, 3.05) is 25.0 Å². The molecule has 0 unspecified atom stereocenters. The molecule has 2 aromatic rings. The Bertz CT molecular complexity index is 993. The number of amides is 1. The fraction of sp³-hybridized carbons (Fsp3) is 0.278. The smallest absolute Gasteiger partial charge is 0.338 e. The predicted octanol–water partition coefficient (Wildman–Crippen LogP) is 3.21. The summed E-state index contributed by atoms with van der Waals surface area (Å²) in [4.78, 5) is 27.9. The van der Waals surface area contributed by atoms with E-state index in [1.54, 1.807) is 13.8 Å². The number of carbonyl (C=O) groups is 2. The molecule has 1 aromatic carbocycles. The normalized spacial score (nSPS) is 11.3. The number of aromatic nitrogens is 1. The van der Waals surface area contributed by atoms with Crippen LogP contribution in [0.4, 0.5) is 5.82 Å². The fourth-order valence-corrected chi connectivity index (χ4v) is 4.25. The van der Waals surface area contributed by atoms with Gasteiger partial charge in [0.15, 0.2) is 12.4 Å². The molecule has 11 heteroatoms. The highest BCUT2D eigenvalue weighted by Gasteiger charge is 2.22. The molecule has 0 bridgehead atoms. The van der Waals surface area contributed by atoms with Gasteiger partial charge in [0.25, 0.3) is 5.91 Å². The standard InChI is InChI=1S/C18H19Cl2N3O5S/c1-3-23(4-2)29(26,27)14-7-5-12(6-8-14)18(25)28-11-16(24)22-17-15(20)9-13(19)10-21-17/h5-10H,3-4,11H2,1-2H3,(H,21,22,24). The maximum Gasteiger partial charge on any atom is 0.338 e. The summed E-state index contributed by atoms with van der Waals surface area (Å²) in [6.45, 7) is 3.59. The Morgan fingerprint density at radius 1 is 1.14 bits per heavy atom. The van der Waals surface area contributed by atoms with Gasteiger partial charge in [-0.2, -0.15) is 4.31 Å². The number of hydrogen-bond acceptors (Lipinski definition) is 6. The van der Waals surface area contributed by atoms with Gasteiger partial charge in [-0.15, -0.1) is 0 Å². The van der Waals surface area contributed by atoms with Gasteiger partial charge in [-0.1, -0.05) is 37.0 Å². The monoisotopic (exact) mass is 459 g/mol. The van der Waals surface area contributed by atoms with E-state index < -0.39 is 28.5 Å². The molecule has 0 fully saturated rings. The topological polar surface area (TPSA) is 106 Å². The molecule has 0 radical (unpaired) electrons. The summed E-state index contributed by atoms with van der Waals surface area (Å²) in [5.41, 5.74) is 0.110. The summed E-state index contributed by atoms with van der Waals surface area (Å²) in [7, 11) is -3.62. The lowest BCUT2D eigenvalue weighted by Crippen LogP contribution is -2.30. The van der Waals surface area contributed by atoms with Gasteiger partial charge in [0.1, 0.15) is 0 Å². The average molecular weight is 460 g/mol. The van der Waals surface area contributed by atoms with E-state index in [4.69, 9.17) is 27.9 Å². The van der Waals surface area contributed by atoms with Crippen molar-refractivity contribution in [3.63, 3.8) is 0 Å². The molecule has 1 amide bonds. The van der Waals surface area contributed by atoms with Gasteiger partial charge in [-0.3, -0.25) is 4.79 Å². The molecular weight excluding hydrogens is 441 g/mol. The summed E-state index contributed by atoms with van der Waals surface area (Å²) in [5, 5.41) is 2.85. The molecule has 1 aromatic heterocycles. The number of anilines is 1. The third-order valence-electron chi connectivity index (χ3n) is 3.83. The third-order valence-corrected chi connectivity index (χ3v) is 6.39. The van der Waals surface area contributed by atoms with Crippen molar-refractivity contribution >= 4 is 50.9 Å². The maximum atomic E-state index is 12.4. The lowest BCUT2D eigenvalue weighted by atomic mass is 10.2. The highest BCUT2D eigenvalue weighted by molar-refractivity contribution is 7.89. The Hall–Kier alpha value is -2.20. The highest BCUT2D eigenvalue weighted by Crippen LogP contribution is 2.22. The van der Waals surface area contributed by atoms with Crippen molar-refractivity contribution in [1.29, 1.82) is 0 Å². The van der Waals surface area contributed by atoms with Gasteiger partial charge in [0.05, 0.1) is 20.5 Å². The minimum absolute atomic E-state index is 0.0685. The van der Waals surface area contributed by atoms with Crippen molar-refractivity contribution in [3.05, 3.63) is 52.1 Å². The number of halogens is 2. The van der Waals surface area contributed by atoms with Gasteiger partial charge in [-0.25, -0.2) is 18.2 Å². The largest absolute Gasteiger partial charge is 0.452 e. The molecule has 156 valence electrons. The van der Waals surface area contributed by atoms with Crippen molar-refractivity contribution in [2.45, 2.75) is 18.7 Å². The zero-order valence-electron chi connectivity index (χ0n) is 15.7. The first-order chi connectivity index (χ1) is 13.7. The Kier molecular flexibility index (Phi) is 7.97. The van der Waals surface area contributed by atoms with E-state index in [9.17, 15) is 18.0 Å². The molecule has 2 rings (SSSR count). The summed E-state index contributed by atoms with van der Waals surface area (Å²) in [6.07, 6.45) is 1.31. The van der Waals surface area contributed by atoms with Gasteiger partial charge < -0.3 is 10.1 Å². The quantitative estimate of drug-likeness (QED) is 0.607. The number of nitrogens with one attached hydrogen (secondary N) is 1. The van der Waals surface area contributed by atoms with Crippen LogP contribution in [0.1, 0.15) is 24.2 Å². The Morgan fingerprint density at radius 3 is 2.31 bits per heavy atom. The van der Waals surface area contributed by atoms with Crippen LogP contribution in [-0.4, -0.2) is 49.3 Å². The van der Waals surface area contributed by atoms with E-state index >= 15 is 0 Å². The molecule has 8 nitrogen and oxygen atoms in total. The molecule has 0 saturated heterocycles. The SMILES string of the molecule is CCN(CC)S(=O)(=O)c1ccc(C(=O)OCC(=O)Nc2ncc(Cl)cc2Cl)cc1. The summed E-state index contributed by atoms with van der Waals surface area (Å²) in [6, 6.07) is 6.71. The first-order valence-electron chi connectivity index (χ1n) is 8.57. The number of hydrogen-bond donors (Lipinski definition) is 1. The van der Waals surface area contributed by atoms with Gasteiger partial charge in [0.2, 0.25) is 10.0 Å². The maximum absolute atomic E-state index is 12.4. The van der Waals surface area contributed by atoms with Crippen LogP contribution >= 0.6 is 23.2 Å². The Labute approximate surface area is 178 Å². The van der Waals surface area contributed by atoms with E-state index in [2.05, 4.69) is 10.3 Å². The van der Waals surface area contributed by atoms with Crippen molar-refractivity contribution in [3.8, 4) is 0 Å². The summed E-state index contributed by atoms with van der Waals surface area (Å²) < 4.78 is 31.1. The number of ether oxygens (including phenoxy) is 1. The molecule has 1 N–H and O–H groups in total. The second-order valence-corrected chi connectivity index (χ2v) is 8.50. The zero-order chi connectivity index (χ0) is 21.6. The third kappa shape index (κ3) is 5.89. The predicted molar refractivity (Wildman–Crippen MR) is 110 cm³/mol. The van der Waals surface area contributed by atoms with Crippen LogP contribution in [-0.2, 0) is 19.6 Å². The van der Waals surface area contributed by atoms with Crippen molar-refractivity contribution in [2.24, 2.45) is 0 Å². The number of pyridine rings is 1. The lowest BCUT2D eigenvalue weighted by molar-refractivity contribution is -0.119. The highest BCUT2D eigenvalue weighted by atomic mass is 35.5. The number of rotatable bonds is 8. The average Bonchev–Trinajstić information content (AvgIpc) is 2.69. The molecule has 0 aliphatic carbocycles. The van der Waals surface area contributed by atoms with Crippen molar-refractivity contribution < 1.29 is 22.7 Å². The number of nitrogens with zero attached hydrogens (tertiary/aromatic N) is 2. The van der Waals surface area contributed by atoms with E-state index in [-0.39, 0.29) is 21.3 Å². The molecule has 0 atom stereocenters. The van der Waals surface area contributed by atoms with Crippen molar-refractivity contribution in [1.82, 2.24) is 9.29 Å². The number of sulfonamides is 1. The molecule has 29 heavy (non-hydrogen) atoms. The first-order valence-corrected chi connectivity index (χ1v) is 10.8. The second-order valence-electron chi connectivity index (χ2n) is 5.72. The van der Waals surface area contributed by atoms with E-state index in [1.165, 1.54) is 40.8 Å². The summed E-state index contributed by atoms with van der Waals surface area (Å²) >= 11 is 11.6. The van der Waals surface area contributed by atoms with Crippen LogP contribution in [0.5, 0.6) is 0 Å². The van der Waals surface area contributed by atoms with Crippen LogP contribution in [0, 0.1) is 0 Å². The van der Waals surface area contributed by atoms with Gasteiger partial charge in [0, 0.05) is 19.3 Å². The van der Waals surface area contributed by atoms with Crippen LogP contribution in [0.2, 0.25) is 10.0 Å². The van der Waals surface area contributed by atoms with E-state index in [0.29, 0.717) is 18.1 Å². The van der Waals surface area contributed by atoms with E-state index in [1.807, 2.05) is 0 Å². The Morgan fingerprint density at radius 2 is 1.76 bits per heavy atom. The minimum Gasteiger partial charge on any atom is -0.452 e. The summed E-state index contributed by atoms with van der Waals surface area (Å²) in [5.74, 6) is -1.33.